The third-order valence-corrected chi connectivity index (χ3v) is 7.73. The molecule has 4 rings (SSSR count). The first-order valence-corrected chi connectivity index (χ1v) is 13.1. The maximum atomic E-state index is 11.2. The van der Waals surface area contributed by atoms with E-state index in [-0.39, 0.29) is 9.79 Å². The molecule has 2 aromatic heterocycles. The Bertz CT molecular complexity index is 1350. The number of imidazole rings is 2. The highest BCUT2D eigenvalue weighted by molar-refractivity contribution is 8.02. The van der Waals surface area contributed by atoms with Crippen molar-refractivity contribution in [1.82, 2.24) is 19.9 Å². The monoisotopic (exact) mass is 486 g/mol. The van der Waals surface area contributed by atoms with Gasteiger partial charge in [0.15, 0.2) is 10.3 Å². The summed E-state index contributed by atoms with van der Waals surface area (Å²) < 4.78 is 63.1. The molecule has 10 nitrogen and oxygen atoms in total. The predicted octanol–water partition coefficient (Wildman–Crippen LogP) is 2.82. The zero-order valence-electron chi connectivity index (χ0n) is 14.9. The molecule has 0 saturated carbocycles. The predicted molar refractivity (Wildman–Crippen MR) is 113 cm³/mol. The molecule has 158 valence electrons. The van der Waals surface area contributed by atoms with Crippen molar-refractivity contribution in [3.05, 3.63) is 36.4 Å². The highest BCUT2D eigenvalue weighted by atomic mass is 32.2. The molecule has 0 fully saturated rings. The van der Waals surface area contributed by atoms with Crippen molar-refractivity contribution >= 4 is 65.8 Å². The second-order valence-corrected chi connectivity index (χ2v) is 11.1. The fourth-order valence-electron chi connectivity index (χ4n) is 2.66. The van der Waals surface area contributed by atoms with E-state index in [0.717, 1.165) is 0 Å². The number of rotatable bonds is 7. The highest BCUT2D eigenvalue weighted by Gasteiger charge is 2.13. The van der Waals surface area contributed by atoms with E-state index in [0.29, 0.717) is 43.9 Å². The highest BCUT2D eigenvalue weighted by Crippen LogP contribution is 2.25. The molecule has 0 bridgehead atoms. The Labute approximate surface area is 179 Å². The van der Waals surface area contributed by atoms with Gasteiger partial charge >= 0.3 is 0 Å². The summed E-state index contributed by atoms with van der Waals surface area (Å²) >= 11 is 2.88. The van der Waals surface area contributed by atoms with Crippen LogP contribution in [0.3, 0.4) is 0 Å². The molecule has 0 unspecified atom stereocenters. The molecule has 0 amide bonds. The Balaban J connectivity index is 1.39. The van der Waals surface area contributed by atoms with E-state index < -0.39 is 20.2 Å². The van der Waals surface area contributed by atoms with E-state index in [1.807, 2.05) is 0 Å². The van der Waals surface area contributed by atoms with Crippen LogP contribution in [0.25, 0.3) is 22.1 Å². The van der Waals surface area contributed by atoms with Crippen molar-refractivity contribution in [2.45, 2.75) is 20.1 Å². The smallest absolute Gasteiger partial charge is 0.294 e. The van der Waals surface area contributed by atoms with E-state index in [4.69, 9.17) is 9.11 Å². The van der Waals surface area contributed by atoms with Gasteiger partial charge in [-0.3, -0.25) is 9.11 Å². The molecule has 14 heteroatoms. The van der Waals surface area contributed by atoms with Crippen molar-refractivity contribution < 1.29 is 25.9 Å². The Morgan fingerprint density at radius 1 is 0.733 bits per heavy atom. The molecule has 30 heavy (non-hydrogen) atoms. The second kappa shape index (κ2) is 7.86. The Morgan fingerprint density at radius 3 is 1.50 bits per heavy atom. The number of aromatic nitrogens is 4. The molecular weight excluding hydrogens is 472 g/mol. The maximum absolute atomic E-state index is 11.2. The summed E-state index contributed by atoms with van der Waals surface area (Å²) in [6.07, 6.45) is 0. The van der Waals surface area contributed by atoms with Crippen LogP contribution in [0.4, 0.5) is 0 Å². The second-order valence-electron chi connectivity index (χ2n) is 6.09. The molecule has 0 aliphatic heterocycles. The maximum Gasteiger partial charge on any atom is 0.294 e. The van der Waals surface area contributed by atoms with Gasteiger partial charge in [-0.05, 0) is 36.4 Å². The van der Waals surface area contributed by atoms with Gasteiger partial charge in [0.05, 0.1) is 31.9 Å². The summed E-state index contributed by atoms with van der Waals surface area (Å²) in [6.45, 7) is 0. The quantitative estimate of drug-likeness (QED) is 0.173. The summed E-state index contributed by atoms with van der Waals surface area (Å²) in [6, 6.07) is 8.26. The lowest BCUT2D eigenvalue weighted by Gasteiger charge is -1.96. The van der Waals surface area contributed by atoms with Gasteiger partial charge in [0.25, 0.3) is 20.2 Å². The van der Waals surface area contributed by atoms with Gasteiger partial charge in [-0.2, -0.15) is 16.8 Å². The van der Waals surface area contributed by atoms with Crippen molar-refractivity contribution in [1.29, 1.82) is 0 Å². The minimum absolute atomic E-state index is 0.201. The molecule has 4 N–H and O–H groups in total. The van der Waals surface area contributed by atoms with Crippen LogP contribution in [0.1, 0.15) is 0 Å². The summed E-state index contributed by atoms with van der Waals surface area (Å²) in [5.74, 6) is 1.34. The van der Waals surface area contributed by atoms with Crippen LogP contribution in [0.5, 0.6) is 0 Å². The number of benzene rings is 2. The average Bonchev–Trinajstić information content (AvgIpc) is 3.25. The van der Waals surface area contributed by atoms with E-state index >= 15 is 0 Å². The van der Waals surface area contributed by atoms with Gasteiger partial charge in [0, 0.05) is 11.5 Å². The molecule has 0 atom stereocenters. The molecular formula is C16H14N4O6S4. The lowest BCUT2D eigenvalue weighted by Crippen LogP contribution is -1.97. The standard InChI is InChI=1S/C16H14N4O6S4/c21-29(22,23)9-1-3-11-13(7-9)19-15(17-11)27-5-6-28-16-18-12-4-2-10(30(24,25)26)8-14(12)20-16/h1-4,7-8H,5-6H2,(H,17,19)(H,18,20)(H,21,22,23)(H,24,25,26). The Kier molecular flexibility index (Phi) is 5.54. The van der Waals surface area contributed by atoms with Gasteiger partial charge in [-0.15, -0.1) is 0 Å². The van der Waals surface area contributed by atoms with Gasteiger partial charge in [0.1, 0.15) is 0 Å². The number of thioether (sulfide) groups is 2. The van der Waals surface area contributed by atoms with Gasteiger partial charge in [-0.1, -0.05) is 23.5 Å². The number of hydrogen-bond acceptors (Lipinski definition) is 8. The number of nitrogens with zero attached hydrogens (tertiary/aromatic N) is 2. The van der Waals surface area contributed by atoms with Gasteiger partial charge in [-0.25, -0.2) is 9.97 Å². The summed E-state index contributed by atoms with van der Waals surface area (Å²) in [7, 11) is -8.55. The minimum Gasteiger partial charge on any atom is -0.333 e. The number of aromatic amines is 2. The summed E-state index contributed by atoms with van der Waals surface area (Å²) in [5, 5.41) is 1.22. The molecule has 0 spiro atoms. The summed E-state index contributed by atoms with van der Waals surface area (Å²) in [5.41, 5.74) is 2.19. The zero-order valence-corrected chi connectivity index (χ0v) is 18.2. The van der Waals surface area contributed by atoms with Crippen molar-refractivity contribution in [3.63, 3.8) is 0 Å². The number of hydrogen-bond donors (Lipinski definition) is 4. The van der Waals surface area contributed by atoms with E-state index in [1.54, 1.807) is 0 Å². The third kappa shape index (κ3) is 4.63. The van der Waals surface area contributed by atoms with Gasteiger partial charge in [0.2, 0.25) is 0 Å². The van der Waals surface area contributed by atoms with Crippen LogP contribution in [-0.2, 0) is 20.2 Å². The number of nitrogens with one attached hydrogen (secondary N) is 2. The fraction of sp³-hybridized carbons (Fsp3) is 0.125. The number of H-pyrrole nitrogens is 2. The Hall–Kier alpha value is -2.10. The molecule has 2 aromatic carbocycles. The van der Waals surface area contributed by atoms with Crippen molar-refractivity contribution in [3.8, 4) is 0 Å². The fourth-order valence-corrected chi connectivity index (χ4v) is 5.42. The Morgan fingerprint density at radius 2 is 1.13 bits per heavy atom. The minimum atomic E-state index is -4.27. The van der Waals surface area contributed by atoms with Crippen LogP contribution in [-0.4, -0.2) is 57.4 Å². The molecule has 4 aromatic rings. The SMILES string of the molecule is O=S(=O)(O)c1ccc2nc(SCCSc3nc4ccc(S(=O)(=O)O)cc4[nH]3)[nH]c2c1. The molecule has 0 aliphatic rings. The lowest BCUT2D eigenvalue weighted by molar-refractivity contribution is 0.481. The molecule has 2 heterocycles. The van der Waals surface area contributed by atoms with Crippen LogP contribution in [0, 0.1) is 0 Å². The first kappa shape index (κ1) is 21.1. The average molecular weight is 487 g/mol. The summed E-state index contributed by atoms with van der Waals surface area (Å²) in [4.78, 5) is 14.4. The first-order valence-electron chi connectivity index (χ1n) is 8.30. The van der Waals surface area contributed by atoms with Crippen LogP contribution >= 0.6 is 23.5 Å². The molecule has 0 saturated heterocycles. The topological polar surface area (TPSA) is 166 Å². The first-order chi connectivity index (χ1) is 14.1. The molecule has 0 radical (unpaired) electrons. The van der Waals surface area contributed by atoms with E-state index in [1.165, 1.54) is 59.9 Å². The zero-order chi connectivity index (χ0) is 21.5. The normalized spacial score (nSPS) is 12.7. The van der Waals surface area contributed by atoms with E-state index in [9.17, 15) is 16.8 Å². The van der Waals surface area contributed by atoms with E-state index in [2.05, 4.69) is 19.9 Å². The van der Waals surface area contributed by atoms with Crippen LogP contribution < -0.4 is 0 Å². The van der Waals surface area contributed by atoms with Crippen molar-refractivity contribution in [2.24, 2.45) is 0 Å². The van der Waals surface area contributed by atoms with Crippen molar-refractivity contribution in [2.75, 3.05) is 11.5 Å². The van der Waals surface area contributed by atoms with Crippen LogP contribution in [0.15, 0.2) is 56.5 Å². The van der Waals surface area contributed by atoms with Crippen LogP contribution in [0.2, 0.25) is 0 Å². The lowest BCUT2D eigenvalue weighted by atomic mass is 10.3. The largest absolute Gasteiger partial charge is 0.333 e. The third-order valence-electron chi connectivity index (χ3n) is 4.02. The van der Waals surface area contributed by atoms with Gasteiger partial charge < -0.3 is 9.97 Å². The number of fused-ring (bicyclic) bond motifs is 2. The molecule has 0 aliphatic carbocycles.